The number of likely N-dealkylation sites (N-methyl/N-ethyl adjacent to an activating group) is 1. The second-order valence-corrected chi connectivity index (χ2v) is 3.98. The molecule has 0 atom stereocenters. The minimum absolute atomic E-state index is 1.05. The summed E-state index contributed by atoms with van der Waals surface area (Å²) in [5.74, 6) is 0. The lowest BCUT2D eigenvalue weighted by Gasteiger charge is -2.21. The molecular formula is C10H14N2S. The van der Waals surface area contributed by atoms with Crippen LogP contribution in [0.2, 0.25) is 0 Å². The van der Waals surface area contributed by atoms with E-state index in [1.165, 1.54) is 10.6 Å². The average Bonchev–Trinajstić information content (AvgIpc) is 2.39. The number of nitrogens with one attached hydrogen (secondary N) is 1. The van der Waals surface area contributed by atoms with Crippen LogP contribution in [0.1, 0.15) is 6.92 Å². The van der Waals surface area contributed by atoms with E-state index in [1.54, 1.807) is 11.9 Å². The van der Waals surface area contributed by atoms with Crippen LogP contribution in [0.4, 0.5) is 5.69 Å². The van der Waals surface area contributed by atoms with Gasteiger partial charge in [0.05, 0.1) is 5.69 Å². The first-order valence-electron chi connectivity index (χ1n) is 4.65. The average molecular weight is 194 g/mol. The van der Waals surface area contributed by atoms with Gasteiger partial charge >= 0.3 is 0 Å². The number of nitrogens with zero attached hydrogens (tertiary/aromatic N) is 1. The Bertz CT molecular complexity index is 288. The molecule has 0 bridgehead atoms. The van der Waals surface area contributed by atoms with Gasteiger partial charge in [-0.3, -0.25) is 4.72 Å². The first-order valence-corrected chi connectivity index (χ1v) is 5.47. The molecule has 1 N–H and O–H groups in total. The zero-order chi connectivity index (χ0) is 9.10. The molecule has 0 amide bonds. The summed E-state index contributed by atoms with van der Waals surface area (Å²) in [4.78, 5) is 3.74. The number of anilines is 1. The normalized spacial score (nSPS) is 16.5. The second kappa shape index (κ2) is 4.03. The molecule has 1 aliphatic rings. The van der Waals surface area contributed by atoms with Crippen LogP contribution in [0.3, 0.4) is 0 Å². The van der Waals surface area contributed by atoms with E-state index in [9.17, 15) is 0 Å². The van der Waals surface area contributed by atoms with E-state index < -0.39 is 0 Å². The largest absolute Gasteiger partial charge is 0.370 e. The van der Waals surface area contributed by atoms with Crippen LogP contribution in [-0.4, -0.2) is 19.6 Å². The molecule has 1 aromatic carbocycles. The lowest BCUT2D eigenvalue weighted by atomic mass is 10.3. The zero-order valence-electron chi connectivity index (χ0n) is 7.79. The number of benzene rings is 1. The van der Waals surface area contributed by atoms with Crippen LogP contribution < -0.4 is 9.62 Å². The van der Waals surface area contributed by atoms with E-state index in [4.69, 9.17) is 0 Å². The molecule has 1 aliphatic heterocycles. The zero-order valence-corrected chi connectivity index (χ0v) is 8.60. The molecule has 1 aromatic rings. The molecule has 3 heteroatoms. The molecule has 70 valence electrons. The van der Waals surface area contributed by atoms with Crippen molar-refractivity contribution >= 4 is 17.6 Å². The lowest BCUT2D eigenvalue weighted by Crippen LogP contribution is -2.27. The number of fused-ring (bicyclic) bond motifs is 1. The fraction of sp³-hybridized carbons (Fsp3) is 0.400. The van der Waals surface area contributed by atoms with Gasteiger partial charge < -0.3 is 4.90 Å². The van der Waals surface area contributed by atoms with E-state index in [1.807, 2.05) is 0 Å². The Morgan fingerprint density at radius 2 is 2.31 bits per heavy atom. The second-order valence-electron chi connectivity index (χ2n) is 3.04. The van der Waals surface area contributed by atoms with Crippen molar-refractivity contribution in [1.82, 2.24) is 4.72 Å². The van der Waals surface area contributed by atoms with Gasteiger partial charge in [-0.05, 0) is 31.0 Å². The maximum Gasteiger partial charge on any atom is 0.0518 e. The highest BCUT2D eigenvalue weighted by atomic mass is 32.2. The van der Waals surface area contributed by atoms with Crippen LogP contribution in [0.5, 0.6) is 0 Å². The van der Waals surface area contributed by atoms with Crippen LogP contribution in [0.25, 0.3) is 0 Å². The highest BCUT2D eigenvalue weighted by molar-refractivity contribution is 7.97. The topological polar surface area (TPSA) is 15.3 Å². The molecule has 0 spiro atoms. The van der Waals surface area contributed by atoms with Crippen LogP contribution in [0, 0.1) is 0 Å². The van der Waals surface area contributed by atoms with E-state index in [-0.39, 0.29) is 0 Å². The standard InChI is InChI=1S/C10H14N2S/c1-2-12-8-7-11-13-10-6-4-3-5-9(10)12/h3-6,11H,2,7-8H2,1H3. The van der Waals surface area contributed by atoms with Crippen molar-refractivity contribution in [1.29, 1.82) is 0 Å². The van der Waals surface area contributed by atoms with Crippen molar-refractivity contribution < 1.29 is 0 Å². The van der Waals surface area contributed by atoms with Crippen LogP contribution >= 0.6 is 11.9 Å². The maximum absolute atomic E-state index is 3.34. The number of hydrogen-bond acceptors (Lipinski definition) is 3. The molecule has 2 rings (SSSR count). The third-order valence-corrected chi connectivity index (χ3v) is 3.17. The van der Waals surface area contributed by atoms with Crippen molar-refractivity contribution in [3.05, 3.63) is 24.3 Å². The summed E-state index contributed by atoms with van der Waals surface area (Å²) in [5.41, 5.74) is 1.36. The summed E-state index contributed by atoms with van der Waals surface area (Å²) < 4.78 is 3.34. The van der Waals surface area contributed by atoms with Crippen molar-refractivity contribution in [2.75, 3.05) is 24.5 Å². The third-order valence-electron chi connectivity index (χ3n) is 2.25. The summed E-state index contributed by atoms with van der Waals surface area (Å²) >= 11 is 1.74. The van der Waals surface area contributed by atoms with Crippen LogP contribution in [-0.2, 0) is 0 Å². The Balaban J connectivity index is 2.35. The van der Waals surface area contributed by atoms with Gasteiger partial charge in [-0.1, -0.05) is 12.1 Å². The molecule has 0 radical (unpaired) electrons. The molecule has 0 saturated heterocycles. The van der Waals surface area contributed by atoms with Gasteiger partial charge in [0.15, 0.2) is 0 Å². The fourth-order valence-electron chi connectivity index (χ4n) is 1.56. The van der Waals surface area contributed by atoms with Gasteiger partial charge in [0, 0.05) is 24.5 Å². The molecule has 0 fully saturated rings. The molecule has 0 aromatic heterocycles. The van der Waals surface area contributed by atoms with Crippen molar-refractivity contribution in [3.63, 3.8) is 0 Å². The van der Waals surface area contributed by atoms with E-state index in [0.717, 1.165) is 19.6 Å². The Morgan fingerprint density at radius 3 is 3.15 bits per heavy atom. The Kier molecular flexibility index (Phi) is 2.76. The Morgan fingerprint density at radius 1 is 1.46 bits per heavy atom. The van der Waals surface area contributed by atoms with Crippen molar-refractivity contribution in [2.45, 2.75) is 11.8 Å². The van der Waals surface area contributed by atoms with Crippen molar-refractivity contribution in [2.24, 2.45) is 0 Å². The van der Waals surface area contributed by atoms with E-state index in [2.05, 4.69) is 40.8 Å². The highest BCUT2D eigenvalue weighted by Gasteiger charge is 2.12. The van der Waals surface area contributed by atoms with Crippen LogP contribution in [0.15, 0.2) is 29.2 Å². The number of para-hydroxylation sites is 1. The highest BCUT2D eigenvalue weighted by Crippen LogP contribution is 2.29. The SMILES string of the molecule is CCN1CCNSc2ccccc21. The van der Waals surface area contributed by atoms with E-state index >= 15 is 0 Å². The quantitative estimate of drug-likeness (QED) is 0.689. The molecule has 1 heterocycles. The lowest BCUT2D eigenvalue weighted by molar-refractivity contribution is 0.799. The van der Waals surface area contributed by atoms with Gasteiger partial charge in [-0.15, -0.1) is 0 Å². The first-order chi connectivity index (χ1) is 6.42. The van der Waals surface area contributed by atoms with Gasteiger partial charge in [-0.2, -0.15) is 0 Å². The summed E-state index contributed by atoms with van der Waals surface area (Å²) in [7, 11) is 0. The minimum Gasteiger partial charge on any atom is -0.370 e. The number of hydrogen-bond donors (Lipinski definition) is 1. The molecule has 0 unspecified atom stereocenters. The molecule has 13 heavy (non-hydrogen) atoms. The smallest absolute Gasteiger partial charge is 0.0518 e. The number of rotatable bonds is 1. The molecular weight excluding hydrogens is 180 g/mol. The Labute approximate surface area is 83.5 Å². The Hall–Kier alpha value is -0.670. The molecule has 2 nitrogen and oxygen atoms in total. The van der Waals surface area contributed by atoms with Gasteiger partial charge in [0.25, 0.3) is 0 Å². The van der Waals surface area contributed by atoms with E-state index in [0.29, 0.717) is 0 Å². The fourth-order valence-corrected chi connectivity index (χ4v) is 2.36. The summed E-state index contributed by atoms with van der Waals surface area (Å²) in [6, 6.07) is 8.56. The summed E-state index contributed by atoms with van der Waals surface area (Å²) in [6.45, 7) is 5.43. The maximum atomic E-state index is 3.34. The molecule has 0 aliphatic carbocycles. The summed E-state index contributed by atoms with van der Waals surface area (Å²) in [6.07, 6.45) is 0. The third kappa shape index (κ3) is 1.81. The van der Waals surface area contributed by atoms with Gasteiger partial charge in [0.2, 0.25) is 0 Å². The van der Waals surface area contributed by atoms with Crippen molar-refractivity contribution in [3.8, 4) is 0 Å². The predicted octanol–water partition coefficient (Wildman–Crippen LogP) is 2.12. The minimum atomic E-state index is 1.05. The monoisotopic (exact) mass is 194 g/mol. The predicted molar refractivity (Wildman–Crippen MR) is 58.2 cm³/mol. The van der Waals surface area contributed by atoms with Gasteiger partial charge in [0.1, 0.15) is 0 Å². The molecule has 0 saturated carbocycles. The first kappa shape index (κ1) is 8.91. The summed E-state index contributed by atoms with van der Waals surface area (Å²) in [5, 5.41) is 0. The van der Waals surface area contributed by atoms with Gasteiger partial charge in [-0.25, -0.2) is 0 Å².